The maximum absolute atomic E-state index is 2.34. The van der Waals surface area contributed by atoms with E-state index in [-0.39, 0.29) is 5.41 Å². The van der Waals surface area contributed by atoms with Crippen molar-refractivity contribution in [2.24, 2.45) is 5.41 Å². The van der Waals surface area contributed by atoms with Gasteiger partial charge in [0.05, 0.1) is 0 Å². The molecule has 0 heteroatoms. The molecule has 0 N–H and O–H groups in total. The molecule has 0 saturated carbocycles. The third-order valence-corrected chi connectivity index (χ3v) is 5.57. The van der Waals surface area contributed by atoms with Crippen molar-refractivity contribution >= 4 is 0 Å². The molecule has 0 aromatic carbocycles. The minimum atomic E-state index is 0.0437. The van der Waals surface area contributed by atoms with Crippen molar-refractivity contribution < 1.29 is 0 Å². The van der Waals surface area contributed by atoms with E-state index < -0.39 is 0 Å². The Kier molecular flexibility index (Phi) is 8.58. The molecule has 0 amide bonds. The second-order valence-electron chi connectivity index (χ2n) is 7.59. The minimum Gasteiger partial charge on any atom is -0.0761 e. The fraction of sp³-hybridized carbons (Fsp3) is 0.370. The van der Waals surface area contributed by atoms with E-state index in [1.807, 2.05) is 0 Å². The van der Waals surface area contributed by atoms with Gasteiger partial charge in [0.25, 0.3) is 0 Å². The Morgan fingerprint density at radius 3 is 2.04 bits per heavy atom. The summed E-state index contributed by atoms with van der Waals surface area (Å²) in [5, 5.41) is 0. The van der Waals surface area contributed by atoms with Gasteiger partial charge in [-0.25, -0.2) is 0 Å². The second kappa shape index (κ2) is 10.9. The zero-order valence-electron chi connectivity index (χ0n) is 17.5. The van der Waals surface area contributed by atoms with Gasteiger partial charge in [-0.1, -0.05) is 117 Å². The van der Waals surface area contributed by atoms with Crippen molar-refractivity contribution in [1.29, 1.82) is 0 Å². The van der Waals surface area contributed by atoms with E-state index in [1.54, 1.807) is 0 Å². The average Bonchev–Trinajstić information content (AvgIpc) is 2.75. The Hall–Kier alpha value is -2.08. The molecule has 2 aliphatic carbocycles. The molecule has 0 heterocycles. The predicted octanol–water partition coefficient (Wildman–Crippen LogP) is 8.16. The Morgan fingerprint density at radius 2 is 1.30 bits per heavy atom. The summed E-state index contributed by atoms with van der Waals surface area (Å²) in [7, 11) is 0. The minimum absolute atomic E-state index is 0.0437. The Balaban J connectivity index is 2.49. The highest BCUT2D eigenvalue weighted by Gasteiger charge is 2.33. The van der Waals surface area contributed by atoms with Crippen LogP contribution in [-0.2, 0) is 0 Å². The van der Waals surface area contributed by atoms with E-state index in [1.165, 1.54) is 48.0 Å². The van der Waals surface area contributed by atoms with Gasteiger partial charge in [0.15, 0.2) is 0 Å². The predicted molar refractivity (Wildman–Crippen MR) is 121 cm³/mol. The van der Waals surface area contributed by atoms with E-state index >= 15 is 0 Å². The zero-order chi connectivity index (χ0) is 19.5. The topological polar surface area (TPSA) is 0 Å². The van der Waals surface area contributed by atoms with Crippen molar-refractivity contribution in [3.05, 3.63) is 102 Å². The smallest absolute Gasteiger partial charge is 0.0200 e. The third-order valence-electron chi connectivity index (χ3n) is 5.57. The van der Waals surface area contributed by atoms with Gasteiger partial charge in [-0.3, -0.25) is 0 Å². The average molecular weight is 360 g/mol. The lowest BCUT2D eigenvalue weighted by molar-refractivity contribution is 0.377. The number of hydrogen-bond donors (Lipinski definition) is 0. The molecule has 0 aromatic rings. The first-order valence-electron chi connectivity index (χ1n) is 10.4. The van der Waals surface area contributed by atoms with Gasteiger partial charge in [-0.05, 0) is 37.8 Å². The Morgan fingerprint density at radius 1 is 0.667 bits per heavy atom. The van der Waals surface area contributed by atoms with Crippen LogP contribution in [0.1, 0.15) is 59.8 Å². The summed E-state index contributed by atoms with van der Waals surface area (Å²) < 4.78 is 0. The van der Waals surface area contributed by atoms with Gasteiger partial charge < -0.3 is 0 Å². The van der Waals surface area contributed by atoms with Crippen molar-refractivity contribution in [3.63, 3.8) is 0 Å². The maximum atomic E-state index is 2.34. The van der Waals surface area contributed by atoms with E-state index in [4.69, 9.17) is 0 Å². The van der Waals surface area contributed by atoms with Gasteiger partial charge in [0.2, 0.25) is 0 Å². The Bertz CT molecular complexity index is 728. The lowest BCUT2D eigenvalue weighted by Gasteiger charge is -2.36. The molecule has 0 nitrogen and oxygen atoms in total. The zero-order valence-corrected chi connectivity index (χ0v) is 17.5. The highest BCUT2D eigenvalue weighted by Crippen LogP contribution is 2.46. The summed E-state index contributed by atoms with van der Waals surface area (Å²) in [6, 6.07) is 0. The first kappa shape index (κ1) is 21.2. The molecule has 0 spiro atoms. The number of allylic oxidation sites excluding steroid dienone is 16. The highest BCUT2D eigenvalue weighted by atomic mass is 14.4. The highest BCUT2D eigenvalue weighted by molar-refractivity contribution is 5.48. The second-order valence-corrected chi connectivity index (χ2v) is 7.59. The maximum Gasteiger partial charge on any atom is 0.0200 e. The van der Waals surface area contributed by atoms with Gasteiger partial charge in [0, 0.05) is 11.8 Å². The monoisotopic (exact) mass is 359 g/mol. The first-order chi connectivity index (χ1) is 13.1. The lowest BCUT2D eigenvalue weighted by Crippen LogP contribution is -2.24. The molecule has 0 aromatic heterocycles. The lowest BCUT2D eigenvalue weighted by atomic mass is 9.67. The normalized spacial score (nSPS) is 27.0. The summed E-state index contributed by atoms with van der Waals surface area (Å²) >= 11 is 0. The van der Waals surface area contributed by atoms with Crippen LogP contribution in [0.25, 0.3) is 0 Å². The van der Waals surface area contributed by atoms with Gasteiger partial charge in [-0.15, -0.1) is 0 Å². The standard InChI is InChI=1S/C27H35/c1-5-7-10-22-27(6-2,26-20-12-16-24(4)17-13-21-26)25-18-9-8-14-23(3)15-11-19-25/h8-9,11-21H,5-7,10,22H2,1-4H3/b9-8-,16-12+,17-13?,19-11?,20-12?,21-13+,23-14?,24-16?,24-17-,25-18?,26-20+,26-21?. The summed E-state index contributed by atoms with van der Waals surface area (Å²) in [5.74, 6) is 0. The first-order valence-corrected chi connectivity index (χ1v) is 10.4. The van der Waals surface area contributed by atoms with Crippen LogP contribution in [-0.4, -0.2) is 0 Å². The summed E-state index contributed by atoms with van der Waals surface area (Å²) in [6.07, 6.45) is 35.1. The number of unbranched alkanes of at least 4 members (excludes halogenated alkanes) is 2. The molecule has 1 radical (unpaired) electrons. The molecular weight excluding hydrogens is 324 g/mol. The van der Waals surface area contributed by atoms with Crippen LogP contribution >= 0.6 is 0 Å². The van der Waals surface area contributed by atoms with E-state index in [0.29, 0.717) is 0 Å². The molecule has 0 aliphatic heterocycles. The van der Waals surface area contributed by atoms with Gasteiger partial charge >= 0.3 is 0 Å². The van der Waals surface area contributed by atoms with Crippen molar-refractivity contribution in [2.75, 3.05) is 0 Å². The molecule has 1 atom stereocenters. The van der Waals surface area contributed by atoms with Crippen LogP contribution in [0.4, 0.5) is 0 Å². The van der Waals surface area contributed by atoms with Crippen molar-refractivity contribution in [2.45, 2.75) is 59.8 Å². The molecule has 143 valence electrons. The number of hydrogen-bond acceptors (Lipinski definition) is 0. The number of rotatable bonds is 7. The molecule has 0 saturated heterocycles. The summed E-state index contributed by atoms with van der Waals surface area (Å²) in [5.41, 5.74) is 5.42. The van der Waals surface area contributed by atoms with Crippen LogP contribution in [0.5, 0.6) is 0 Å². The fourth-order valence-corrected chi connectivity index (χ4v) is 3.85. The van der Waals surface area contributed by atoms with E-state index in [9.17, 15) is 0 Å². The molecule has 2 aliphatic rings. The van der Waals surface area contributed by atoms with Crippen molar-refractivity contribution in [3.8, 4) is 0 Å². The molecular formula is C27H35. The van der Waals surface area contributed by atoms with Crippen LogP contribution in [0.15, 0.2) is 95.2 Å². The van der Waals surface area contributed by atoms with Crippen LogP contribution in [0.3, 0.4) is 0 Å². The van der Waals surface area contributed by atoms with Crippen LogP contribution in [0, 0.1) is 11.8 Å². The van der Waals surface area contributed by atoms with Crippen LogP contribution in [0.2, 0.25) is 0 Å². The molecule has 0 fully saturated rings. The molecule has 1 unspecified atom stereocenters. The third kappa shape index (κ3) is 5.96. The van der Waals surface area contributed by atoms with Gasteiger partial charge in [0.1, 0.15) is 0 Å². The van der Waals surface area contributed by atoms with Crippen molar-refractivity contribution in [1.82, 2.24) is 0 Å². The van der Waals surface area contributed by atoms with E-state index in [2.05, 4.69) is 107 Å². The van der Waals surface area contributed by atoms with Gasteiger partial charge in [-0.2, -0.15) is 0 Å². The molecule has 27 heavy (non-hydrogen) atoms. The molecule has 0 bridgehead atoms. The SMILES string of the molecule is CCCCCC(CC)(C1=C/C=C\C=C(C)[CH]C=C1)C1=C/C=C/C(C)=C\C=C\1. The summed E-state index contributed by atoms with van der Waals surface area (Å²) in [4.78, 5) is 0. The van der Waals surface area contributed by atoms with E-state index in [0.717, 1.165) is 6.42 Å². The molecule has 2 rings (SSSR count). The Labute approximate surface area is 167 Å². The largest absolute Gasteiger partial charge is 0.0761 e. The summed E-state index contributed by atoms with van der Waals surface area (Å²) in [6.45, 7) is 8.91. The quantitative estimate of drug-likeness (QED) is 0.402. The fourth-order valence-electron chi connectivity index (χ4n) is 3.85. The van der Waals surface area contributed by atoms with Crippen LogP contribution < -0.4 is 0 Å².